The number of sulfonamides is 1. The average molecular weight is 518 g/mol. The van der Waals surface area contributed by atoms with E-state index in [4.69, 9.17) is 23.2 Å². The van der Waals surface area contributed by atoms with E-state index in [9.17, 15) is 13.2 Å². The fraction of sp³-hybridized carbons (Fsp3) is 0.240. The molecule has 1 fully saturated rings. The minimum Gasteiger partial charge on any atom is -0.368 e. The average Bonchev–Trinajstić information content (AvgIpc) is 2.84. The van der Waals surface area contributed by atoms with Crippen molar-refractivity contribution in [2.75, 3.05) is 41.6 Å². The topological polar surface area (TPSA) is 60.9 Å². The number of hydrogen-bond donors (Lipinski definition) is 0. The molecule has 9 heteroatoms. The molecule has 4 rings (SSSR count). The molecule has 1 heterocycles. The van der Waals surface area contributed by atoms with Crippen LogP contribution in [0.25, 0.3) is 0 Å². The Labute approximate surface area is 210 Å². The van der Waals surface area contributed by atoms with Gasteiger partial charge in [-0.25, -0.2) is 8.42 Å². The molecule has 0 aliphatic carbocycles. The van der Waals surface area contributed by atoms with Crippen molar-refractivity contribution in [3.8, 4) is 0 Å². The third-order valence-electron chi connectivity index (χ3n) is 5.82. The maximum absolute atomic E-state index is 13.0. The highest BCUT2D eigenvalue weighted by molar-refractivity contribution is 7.92. The number of halogens is 2. The summed E-state index contributed by atoms with van der Waals surface area (Å²) in [6.07, 6.45) is 1.12. The number of anilines is 2. The Kier molecular flexibility index (Phi) is 7.36. The van der Waals surface area contributed by atoms with Gasteiger partial charge in [-0.15, -0.1) is 0 Å². The van der Waals surface area contributed by atoms with E-state index in [2.05, 4.69) is 17.0 Å². The van der Waals surface area contributed by atoms with Crippen LogP contribution in [0.4, 0.5) is 11.4 Å². The fourth-order valence-electron chi connectivity index (χ4n) is 3.97. The first-order chi connectivity index (χ1) is 16.2. The standard InChI is InChI=1S/C25H25Cl2N3O3S/c1-34(32,33)30(23-9-5-8-22(26)24(23)27)18-19-10-12-20(13-11-19)25(31)29-16-14-28(15-17-29)21-6-3-2-4-7-21/h2-13H,14-18H2,1H3. The van der Waals surface area contributed by atoms with Crippen LogP contribution in [-0.2, 0) is 16.6 Å². The highest BCUT2D eigenvalue weighted by Gasteiger charge is 2.24. The molecule has 0 aromatic heterocycles. The van der Waals surface area contributed by atoms with Crippen molar-refractivity contribution < 1.29 is 13.2 Å². The van der Waals surface area contributed by atoms with Crippen LogP contribution in [0, 0.1) is 0 Å². The van der Waals surface area contributed by atoms with E-state index in [1.807, 2.05) is 23.1 Å². The lowest BCUT2D eigenvalue weighted by atomic mass is 10.1. The van der Waals surface area contributed by atoms with E-state index in [0.717, 1.165) is 30.6 Å². The van der Waals surface area contributed by atoms with E-state index < -0.39 is 10.0 Å². The van der Waals surface area contributed by atoms with Crippen LogP contribution < -0.4 is 9.21 Å². The maximum Gasteiger partial charge on any atom is 0.253 e. The monoisotopic (exact) mass is 517 g/mol. The van der Waals surface area contributed by atoms with Crippen LogP contribution in [-0.4, -0.2) is 51.7 Å². The van der Waals surface area contributed by atoms with Gasteiger partial charge in [0.05, 0.1) is 28.5 Å². The zero-order valence-corrected chi connectivity index (χ0v) is 21.0. The lowest BCUT2D eigenvalue weighted by molar-refractivity contribution is 0.0746. The molecule has 0 bridgehead atoms. The fourth-order valence-corrected chi connectivity index (χ4v) is 5.31. The largest absolute Gasteiger partial charge is 0.368 e. The predicted octanol–water partition coefficient (Wildman–Crippen LogP) is 4.92. The van der Waals surface area contributed by atoms with Gasteiger partial charge in [0.15, 0.2) is 0 Å². The maximum atomic E-state index is 13.0. The highest BCUT2D eigenvalue weighted by atomic mass is 35.5. The van der Waals surface area contributed by atoms with Crippen molar-refractivity contribution in [2.24, 2.45) is 0 Å². The lowest BCUT2D eigenvalue weighted by Gasteiger charge is -2.36. The summed E-state index contributed by atoms with van der Waals surface area (Å²) < 4.78 is 26.1. The molecule has 0 saturated carbocycles. The van der Waals surface area contributed by atoms with E-state index in [1.165, 1.54) is 4.31 Å². The second kappa shape index (κ2) is 10.3. The smallest absolute Gasteiger partial charge is 0.253 e. The Morgan fingerprint density at radius 1 is 0.882 bits per heavy atom. The summed E-state index contributed by atoms with van der Waals surface area (Å²) in [6, 6.07) is 22.1. The summed E-state index contributed by atoms with van der Waals surface area (Å²) in [7, 11) is -3.62. The van der Waals surface area contributed by atoms with Crippen molar-refractivity contribution in [3.05, 3.63) is 94.0 Å². The van der Waals surface area contributed by atoms with Crippen molar-refractivity contribution in [1.29, 1.82) is 0 Å². The number of benzene rings is 3. The lowest BCUT2D eigenvalue weighted by Crippen LogP contribution is -2.48. The molecule has 1 saturated heterocycles. The van der Waals surface area contributed by atoms with Gasteiger partial charge in [0.25, 0.3) is 5.91 Å². The molecule has 0 unspecified atom stereocenters. The van der Waals surface area contributed by atoms with Crippen molar-refractivity contribution in [1.82, 2.24) is 4.90 Å². The first kappa shape index (κ1) is 24.4. The van der Waals surface area contributed by atoms with E-state index >= 15 is 0 Å². The zero-order valence-electron chi connectivity index (χ0n) is 18.7. The van der Waals surface area contributed by atoms with Crippen molar-refractivity contribution in [3.63, 3.8) is 0 Å². The number of carbonyl (C=O) groups is 1. The minimum atomic E-state index is -3.62. The Hall–Kier alpha value is -2.74. The molecule has 0 radical (unpaired) electrons. The van der Waals surface area contributed by atoms with Gasteiger partial charge in [-0.1, -0.05) is 59.6 Å². The molecule has 0 atom stereocenters. The second-order valence-electron chi connectivity index (χ2n) is 8.15. The summed E-state index contributed by atoms with van der Waals surface area (Å²) >= 11 is 12.4. The summed E-state index contributed by atoms with van der Waals surface area (Å²) in [4.78, 5) is 17.1. The number of hydrogen-bond acceptors (Lipinski definition) is 4. The third kappa shape index (κ3) is 5.49. The Balaban J connectivity index is 1.44. The summed E-state index contributed by atoms with van der Waals surface area (Å²) in [5, 5.41) is 0.456. The van der Waals surface area contributed by atoms with E-state index in [-0.39, 0.29) is 22.5 Å². The minimum absolute atomic E-state index is 0.0304. The highest BCUT2D eigenvalue weighted by Crippen LogP contribution is 2.34. The van der Waals surface area contributed by atoms with Gasteiger partial charge in [0.1, 0.15) is 0 Å². The van der Waals surface area contributed by atoms with Gasteiger partial charge >= 0.3 is 0 Å². The molecule has 1 amide bonds. The number of piperazine rings is 1. The molecule has 1 aliphatic heterocycles. The second-order valence-corrected chi connectivity index (χ2v) is 10.8. The number of amides is 1. The molecule has 6 nitrogen and oxygen atoms in total. The van der Waals surface area contributed by atoms with E-state index in [1.54, 1.807) is 42.5 Å². The molecular formula is C25H25Cl2N3O3S. The molecule has 3 aromatic rings. The van der Waals surface area contributed by atoms with Crippen LogP contribution >= 0.6 is 23.2 Å². The Morgan fingerprint density at radius 3 is 2.15 bits per heavy atom. The number of nitrogens with zero attached hydrogens (tertiary/aromatic N) is 3. The van der Waals surface area contributed by atoms with Gasteiger partial charge < -0.3 is 9.80 Å². The summed E-state index contributed by atoms with van der Waals surface area (Å²) in [6.45, 7) is 2.91. The number of rotatable bonds is 6. The quantitative estimate of drug-likeness (QED) is 0.465. The molecule has 0 spiro atoms. The Morgan fingerprint density at radius 2 is 1.53 bits per heavy atom. The van der Waals surface area contributed by atoms with E-state index in [0.29, 0.717) is 24.3 Å². The van der Waals surface area contributed by atoms with Crippen molar-refractivity contribution in [2.45, 2.75) is 6.54 Å². The SMILES string of the molecule is CS(=O)(=O)N(Cc1ccc(C(=O)N2CCN(c3ccccc3)CC2)cc1)c1cccc(Cl)c1Cl. The molecular weight excluding hydrogens is 493 g/mol. The molecule has 0 N–H and O–H groups in total. The van der Waals surface area contributed by atoms with Crippen molar-refractivity contribution >= 4 is 50.5 Å². The van der Waals surface area contributed by atoms with Crippen LogP contribution in [0.5, 0.6) is 0 Å². The van der Waals surface area contributed by atoms with Crippen LogP contribution in [0.2, 0.25) is 10.0 Å². The van der Waals surface area contributed by atoms with Crippen LogP contribution in [0.15, 0.2) is 72.8 Å². The summed E-state index contributed by atoms with van der Waals surface area (Å²) in [5.41, 5.74) is 2.78. The number of para-hydroxylation sites is 1. The predicted molar refractivity (Wildman–Crippen MR) is 138 cm³/mol. The molecule has 3 aromatic carbocycles. The molecule has 1 aliphatic rings. The molecule has 34 heavy (non-hydrogen) atoms. The van der Waals surface area contributed by atoms with Gasteiger partial charge in [-0.2, -0.15) is 0 Å². The van der Waals surface area contributed by atoms with Gasteiger partial charge in [-0.3, -0.25) is 9.10 Å². The zero-order chi connectivity index (χ0) is 24.3. The first-order valence-electron chi connectivity index (χ1n) is 10.8. The van der Waals surface area contributed by atoms with Gasteiger partial charge in [0, 0.05) is 37.4 Å². The Bertz CT molecular complexity index is 1260. The third-order valence-corrected chi connectivity index (χ3v) is 7.75. The van der Waals surface area contributed by atoms with Gasteiger partial charge in [0.2, 0.25) is 10.0 Å². The van der Waals surface area contributed by atoms with Gasteiger partial charge in [-0.05, 0) is 42.0 Å². The van der Waals surface area contributed by atoms with Crippen LogP contribution in [0.1, 0.15) is 15.9 Å². The first-order valence-corrected chi connectivity index (χ1v) is 13.4. The van der Waals surface area contributed by atoms with Crippen LogP contribution in [0.3, 0.4) is 0 Å². The molecule has 178 valence electrons. The number of carbonyl (C=O) groups excluding carboxylic acids is 1. The summed E-state index contributed by atoms with van der Waals surface area (Å²) in [5.74, 6) is -0.0304. The normalized spacial score (nSPS) is 14.2.